The van der Waals surface area contributed by atoms with Gasteiger partial charge in [-0.15, -0.1) is 0 Å². The quantitative estimate of drug-likeness (QED) is 0.760. The van der Waals surface area contributed by atoms with Crippen LogP contribution in [0, 0.1) is 13.8 Å². The van der Waals surface area contributed by atoms with Crippen molar-refractivity contribution in [1.29, 1.82) is 0 Å². The molecule has 6 nitrogen and oxygen atoms in total. The summed E-state index contributed by atoms with van der Waals surface area (Å²) in [6, 6.07) is 15.1. The monoisotopic (exact) mass is 411 g/mol. The number of aliphatic imine (C=N–C) groups is 1. The summed E-state index contributed by atoms with van der Waals surface area (Å²) in [6.45, 7) is 5.70. The van der Waals surface area contributed by atoms with Crippen LogP contribution in [0.1, 0.15) is 24.5 Å². The number of aryl methyl sites for hydroxylation is 2. The van der Waals surface area contributed by atoms with Gasteiger partial charge in [-0.2, -0.15) is 0 Å². The predicted molar refractivity (Wildman–Crippen MR) is 117 cm³/mol. The molecular weight excluding hydrogens is 386 g/mol. The minimum absolute atomic E-state index is 0.0426. The van der Waals surface area contributed by atoms with E-state index in [1.807, 2.05) is 62.4 Å². The first-order valence-corrected chi connectivity index (χ1v) is 10.4. The van der Waals surface area contributed by atoms with Crippen LogP contribution in [0.3, 0.4) is 0 Å². The zero-order valence-electron chi connectivity index (χ0n) is 16.8. The number of benzene rings is 2. The molecule has 1 saturated heterocycles. The molecule has 0 aromatic heterocycles. The summed E-state index contributed by atoms with van der Waals surface area (Å²) in [5.74, 6) is -0.429. The summed E-state index contributed by atoms with van der Waals surface area (Å²) in [7, 11) is 0. The average molecular weight is 412 g/mol. The van der Waals surface area contributed by atoms with Crippen LogP contribution in [0.5, 0.6) is 0 Å². The smallest absolute Gasteiger partial charge is 0.242 e. The number of anilines is 1. The molecule has 2 N–H and O–H groups in total. The molecule has 1 heterocycles. The van der Waals surface area contributed by atoms with Crippen molar-refractivity contribution in [3.63, 3.8) is 0 Å². The van der Waals surface area contributed by atoms with Crippen molar-refractivity contribution >= 4 is 40.1 Å². The van der Waals surface area contributed by atoms with Gasteiger partial charge in [0.05, 0.1) is 18.3 Å². The van der Waals surface area contributed by atoms with E-state index in [1.54, 1.807) is 6.92 Å². The predicted octanol–water partition coefficient (Wildman–Crippen LogP) is 3.64. The third-order valence-corrected chi connectivity index (χ3v) is 5.65. The molecule has 1 aliphatic heterocycles. The molecule has 2 atom stereocenters. The van der Waals surface area contributed by atoms with Crippen LogP contribution in [0.4, 0.5) is 11.4 Å². The second-order valence-corrected chi connectivity index (χ2v) is 8.37. The number of amides is 2. The lowest BCUT2D eigenvalue weighted by Gasteiger charge is -2.18. The minimum Gasteiger partial charge on any atom is -0.392 e. The lowest BCUT2D eigenvalue weighted by atomic mass is 10.1. The average Bonchev–Trinajstić information content (AvgIpc) is 2.93. The lowest BCUT2D eigenvalue weighted by molar-refractivity contribution is -0.128. The maximum Gasteiger partial charge on any atom is 0.242 e. The largest absolute Gasteiger partial charge is 0.392 e. The summed E-state index contributed by atoms with van der Waals surface area (Å²) in [5, 5.41) is 12.6. The zero-order valence-corrected chi connectivity index (χ0v) is 17.6. The normalized spacial score (nSPS) is 18.9. The molecule has 29 heavy (non-hydrogen) atoms. The number of hydrogen-bond donors (Lipinski definition) is 2. The second-order valence-electron chi connectivity index (χ2n) is 7.20. The van der Waals surface area contributed by atoms with E-state index in [0.29, 0.717) is 5.17 Å². The number of aliphatic hydroxyl groups is 1. The van der Waals surface area contributed by atoms with Crippen molar-refractivity contribution < 1.29 is 14.7 Å². The standard InChI is InChI=1S/C22H25N3O3S/c1-14-9-10-18(15(2)11-14)24-20(27)12-19-21(28)25(13-16(3)26)22(29-19)23-17-7-5-4-6-8-17/h4-11,16,19,26H,12-13H2,1-3H3,(H,24,27). The molecule has 1 aliphatic rings. The van der Waals surface area contributed by atoms with Gasteiger partial charge >= 0.3 is 0 Å². The molecule has 0 bridgehead atoms. The Hall–Kier alpha value is -2.64. The summed E-state index contributed by atoms with van der Waals surface area (Å²) >= 11 is 1.26. The van der Waals surface area contributed by atoms with Crippen LogP contribution in [0.2, 0.25) is 0 Å². The number of β-amino-alcohol motifs (C(OH)–C–C–N with tert-alkyl or cyclic N) is 1. The molecule has 2 aromatic carbocycles. The zero-order chi connectivity index (χ0) is 21.0. The number of rotatable bonds is 6. The lowest BCUT2D eigenvalue weighted by Crippen LogP contribution is -2.38. The Morgan fingerprint density at radius 3 is 2.62 bits per heavy atom. The van der Waals surface area contributed by atoms with Gasteiger partial charge in [0.25, 0.3) is 0 Å². The first-order valence-electron chi connectivity index (χ1n) is 9.50. The van der Waals surface area contributed by atoms with Gasteiger partial charge < -0.3 is 10.4 Å². The van der Waals surface area contributed by atoms with Gasteiger partial charge in [0.15, 0.2) is 5.17 Å². The van der Waals surface area contributed by atoms with E-state index in [-0.39, 0.29) is 24.8 Å². The number of nitrogens with zero attached hydrogens (tertiary/aromatic N) is 2. The van der Waals surface area contributed by atoms with Crippen molar-refractivity contribution in [3.05, 3.63) is 59.7 Å². The first-order chi connectivity index (χ1) is 13.8. The van der Waals surface area contributed by atoms with Gasteiger partial charge in [-0.1, -0.05) is 47.7 Å². The Balaban J connectivity index is 1.74. The van der Waals surface area contributed by atoms with E-state index in [2.05, 4.69) is 10.3 Å². The summed E-state index contributed by atoms with van der Waals surface area (Å²) in [4.78, 5) is 31.5. The molecule has 2 amide bonds. The molecule has 7 heteroatoms. The number of aliphatic hydroxyl groups excluding tert-OH is 1. The van der Waals surface area contributed by atoms with E-state index < -0.39 is 11.4 Å². The number of para-hydroxylation sites is 1. The van der Waals surface area contributed by atoms with Crippen LogP contribution in [-0.2, 0) is 9.59 Å². The Bertz CT molecular complexity index is 928. The number of thioether (sulfide) groups is 1. The number of amidine groups is 1. The summed E-state index contributed by atoms with van der Waals surface area (Å²) < 4.78 is 0. The molecule has 0 spiro atoms. The first kappa shape index (κ1) is 21.1. The number of carbonyl (C=O) groups excluding carboxylic acids is 2. The molecular formula is C22H25N3O3S. The van der Waals surface area contributed by atoms with Crippen LogP contribution in [0.25, 0.3) is 0 Å². The Kier molecular flexibility index (Phi) is 6.71. The van der Waals surface area contributed by atoms with E-state index in [0.717, 1.165) is 22.5 Å². The minimum atomic E-state index is -0.691. The fourth-order valence-electron chi connectivity index (χ4n) is 3.09. The Morgan fingerprint density at radius 2 is 1.97 bits per heavy atom. The SMILES string of the molecule is Cc1ccc(NC(=O)CC2SC(=Nc3ccccc3)N(CC(C)O)C2=O)c(C)c1. The topological polar surface area (TPSA) is 82.0 Å². The number of hydrogen-bond acceptors (Lipinski definition) is 5. The summed E-state index contributed by atoms with van der Waals surface area (Å²) in [6.07, 6.45) is -0.649. The van der Waals surface area contributed by atoms with Crippen molar-refractivity contribution in [2.45, 2.75) is 38.5 Å². The fourth-order valence-corrected chi connectivity index (χ4v) is 4.26. The molecule has 1 fully saturated rings. The second kappa shape index (κ2) is 9.24. The van der Waals surface area contributed by atoms with Crippen LogP contribution >= 0.6 is 11.8 Å². The molecule has 2 aromatic rings. The van der Waals surface area contributed by atoms with E-state index in [1.165, 1.54) is 16.7 Å². The van der Waals surface area contributed by atoms with Crippen molar-refractivity contribution in [2.75, 3.05) is 11.9 Å². The van der Waals surface area contributed by atoms with E-state index >= 15 is 0 Å². The Labute approximate surface area is 175 Å². The summed E-state index contributed by atoms with van der Waals surface area (Å²) in [5.41, 5.74) is 3.57. The van der Waals surface area contributed by atoms with Crippen molar-refractivity contribution in [2.24, 2.45) is 4.99 Å². The van der Waals surface area contributed by atoms with Gasteiger partial charge in [-0.05, 0) is 44.5 Å². The molecule has 152 valence electrons. The highest BCUT2D eigenvalue weighted by molar-refractivity contribution is 8.15. The van der Waals surface area contributed by atoms with Gasteiger partial charge in [-0.3, -0.25) is 14.5 Å². The molecule has 0 radical (unpaired) electrons. The number of carbonyl (C=O) groups is 2. The van der Waals surface area contributed by atoms with Gasteiger partial charge in [-0.25, -0.2) is 4.99 Å². The van der Waals surface area contributed by atoms with Crippen LogP contribution in [-0.4, -0.2) is 44.9 Å². The third-order valence-electron chi connectivity index (χ3n) is 4.47. The van der Waals surface area contributed by atoms with Crippen molar-refractivity contribution in [1.82, 2.24) is 4.90 Å². The highest BCUT2D eigenvalue weighted by Crippen LogP contribution is 2.32. The van der Waals surface area contributed by atoms with E-state index in [4.69, 9.17) is 0 Å². The maximum atomic E-state index is 12.9. The van der Waals surface area contributed by atoms with Gasteiger partial charge in [0, 0.05) is 12.1 Å². The highest BCUT2D eigenvalue weighted by atomic mass is 32.2. The third kappa shape index (κ3) is 5.46. The fraction of sp³-hybridized carbons (Fsp3) is 0.318. The number of nitrogens with one attached hydrogen (secondary N) is 1. The molecule has 0 aliphatic carbocycles. The Morgan fingerprint density at radius 1 is 1.24 bits per heavy atom. The maximum absolute atomic E-state index is 12.9. The highest BCUT2D eigenvalue weighted by Gasteiger charge is 2.39. The van der Waals surface area contributed by atoms with E-state index in [9.17, 15) is 14.7 Å². The van der Waals surface area contributed by atoms with Crippen LogP contribution < -0.4 is 5.32 Å². The molecule has 2 unspecified atom stereocenters. The molecule has 0 saturated carbocycles. The van der Waals surface area contributed by atoms with Gasteiger partial charge in [0.2, 0.25) is 11.8 Å². The van der Waals surface area contributed by atoms with Gasteiger partial charge in [0.1, 0.15) is 5.25 Å². The molecule has 3 rings (SSSR count). The van der Waals surface area contributed by atoms with Crippen molar-refractivity contribution in [3.8, 4) is 0 Å². The van der Waals surface area contributed by atoms with Crippen LogP contribution in [0.15, 0.2) is 53.5 Å².